The van der Waals surface area contributed by atoms with Crippen molar-refractivity contribution in [3.05, 3.63) is 33.4 Å². The second-order valence-electron chi connectivity index (χ2n) is 7.16. The molecule has 1 atom stereocenters. The van der Waals surface area contributed by atoms with Crippen LogP contribution in [0.1, 0.15) is 36.2 Å². The van der Waals surface area contributed by atoms with Gasteiger partial charge in [-0.25, -0.2) is 9.50 Å². The first-order valence-electron chi connectivity index (χ1n) is 8.56. The van der Waals surface area contributed by atoms with E-state index >= 15 is 0 Å². The number of aromatic nitrogens is 3. The molecule has 3 N–H and O–H groups in total. The van der Waals surface area contributed by atoms with Crippen molar-refractivity contribution < 1.29 is 4.79 Å². The molecule has 2 aromatic heterocycles. The highest BCUT2D eigenvalue weighted by Gasteiger charge is 2.57. The van der Waals surface area contributed by atoms with Crippen molar-refractivity contribution in [3.63, 3.8) is 0 Å². The number of carbonyl (C=O) groups excluding carboxylic acids is 1. The van der Waals surface area contributed by atoms with E-state index in [9.17, 15) is 9.59 Å². The lowest BCUT2D eigenvalue weighted by atomic mass is 9.92. The monoisotopic (exact) mass is 401 g/mol. The third-order valence-corrected chi connectivity index (χ3v) is 5.75. The number of rotatable bonds is 3. The number of carbonyl (C=O) groups is 1. The summed E-state index contributed by atoms with van der Waals surface area (Å²) in [4.78, 5) is 28.5. The molecule has 2 aliphatic rings. The minimum absolute atomic E-state index is 0. The maximum Gasteiger partial charge on any atom is 0.266 e. The summed E-state index contributed by atoms with van der Waals surface area (Å²) < 4.78 is 1.68. The van der Waals surface area contributed by atoms with Gasteiger partial charge >= 0.3 is 0 Å². The summed E-state index contributed by atoms with van der Waals surface area (Å²) in [6.07, 6.45) is 3.21. The van der Waals surface area contributed by atoms with Crippen LogP contribution < -0.4 is 16.2 Å². The first-order valence-corrected chi connectivity index (χ1v) is 8.56. The molecule has 1 aliphatic heterocycles. The molecular weight excluding hydrogens is 377 g/mol. The Labute approximate surface area is 164 Å². The van der Waals surface area contributed by atoms with Gasteiger partial charge in [-0.1, -0.05) is 0 Å². The summed E-state index contributed by atoms with van der Waals surface area (Å²) in [5.74, 6) is 0.306. The molecule has 2 fully saturated rings. The molecule has 1 amide bonds. The minimum atomic E-state index is -0.169. The smallest absolute Gasteiger partial charge is 0.266 e. The van der Waals surface area contributed by atoms with Gasteiger partial charge in [0.2, 0.25) is 5.91 Å². The van der Waals surface area contributed by atoms with Gasteiger partial charge < -0.3 is 10.6 Å². The van der Waals surface area contributed by atoms with Crippen LogP contribution in [0.3, 0.4) is 0 Å². The summed E-state index contributed by atoms with van der Waals surface area (Å²) >= 11 is 0. The van der Waals surface area contributed by atoms with E-state index in [4.69, 9.17) is 0 Å². The van der Waals surface area contributed by atoms with Crippen LogP contribution in [0.4, 0.5) is 0 Å². The van der Waals surface area contributed by atoms with Crippen LogP contribution >= 0.6 is 24.8 Å². The van der Waals surface area contributed by atoms with Crippen molar-refractivity contribution >= 4 is 36.4 Å². The molecule has 1 spiro atoms. The van der Waals surface area contributed by atoms with Gasteiger partial charge in [0.25, 0.3) is 5.56 Å². The summed E-state index contributed by atoms with van der Waals surface area (Å²) in [6.45, 7) is 6.33. The zero-order valence-corrected chi connectivity index (χ0v) is 16.6. The van der Waals surface area contributed by atoms with Gasteiger partial charge in [-0.2, -0.15) is 0 Å². The van der Waals surface area contributed by atoms with Crippen molar-refractivity contribution in [2.24, 2.45) is 11.3 Å². The Kier molecular flexibility index (Phi) is 6.05. The molecule has 26 heavy (non-hydrogen) atoms. The van der Waals surface area contributed by atoms with Gasteiger partial charge in [-0.15, -0.1) is 24.8 Å². The minimum Gasteiger partial charge on any atom is -0.352 e. The second-order valence-corrected chi connectivity index (χ2v) is 7.16. The normalized spacial score (nSPS) is 20.3. The number of piperidine rings is 1. The lowest BCUT2D eigenvalue weighted by Crippen LogP contribution is -2.33. The first kappa shape index (κ1) is 20.7. The lowest BCUT2D eigenvalue weighted by Gasteiger charge is -2.23. The quantitative estimate of drug-likeness (QED) is 0.726. The number of hydrogen-bond acceptors (Lipinski definition) is 4. The van der Waals surface area contributed by atoms with Crippen LogP contribution in [0.15, 0.2) is 10.9 Å². The van der Waals surface area contributed by atoms with Crippen LogP contribution in [0.25, 0.3) is 5.65 Å². The Balaban J connectivity index is 0.00000121. The average Bonchev–Trinajstić information content (AvgIpc) is 3.10. The predicted molar refractivity (Wildman–Crippen MR) is 104 cm³/mol. The van der Waals surface area contributed by atoms with Crippen molar-refractivity contribution in [1.29, 1.82) is 0 Å². The Bertz CT molecular complexity index is 870. The maximum absolute atomic E-state index is 12.5. The summed E-state index contributed by atoms with van der Waals surface area (Å²) in [7, 11) is 0. The standard InChI is InChI=1S/C17H23N5O2.2ClH/c1-10-12(11(2)22-14(20-10)7-15(23)21-22)9-19-16(24)13-8-17(13)3-5-18-6-4-17;;/h7,13,18H,3-6,8-9H2,1-2H3,(H,19,24)(H,21,23);2*1H. The molecule has 2 aromatic rings. The van der Waals surface area contributed by atoms with E-state index in [1.54, 1.807) is 4.52 Å². The van der Waals surface area contributed by atoms with E-state index in [0.29, 0.717) is 12.2 Å². The largest absolute Gasteiger partial charge is 0.352 e. The number of halogens is 2. The van der Waals surface area contributed by atoms with Gasteiger partial charge in [-0.3, -0.25) is 14.7 Å². The predicted octanol–water partition coefficient (Wildman–Crippen LogP) is 1.49. The fourth-order valence-electron chi connectivity index (χ4n) is 4.11. The highest BCUT2D eigenvalue weighted by Crippen LogP contribution is 2.58. The zero-order valence-electron chi connectivity index (χ0n) is 14.9. The lowest BCUT2D eigenvalue weighted by molar-refractivity contribution is -0.123. The number of fused-ring (bicyclic) bond motifs is 1. The van der Waals surface area contributed by atoms with Crippen LogP contribution in [0.2, 0.25) is 0 Å². The van der Waals surface area contributed by atoms with Gasteiger partial charge in [0.05, 0.1) is 0 Å². The van der Waals surface area contributed by atoms with E-state index in [1.165, 1.54) is 6.07 Å². The molecule has 0 bridgehead atoms. The van der Waals surface area contributed by atoms with Crippen LogP contribution in [-0.4, -0.2) is 33.6 Å². The number of aromatic amines is 1. The summed E-state index contributed by atoms with van der Waals surface area (Å²) in [5, 5.41) is 9.18. The molecule has 0 aromatic carbocycles. The first-order chi connectivity index (χ1) is 11.5. The van der Waals surface area contributed by atoms with E-state index in [0.717, 1.165) is 49.3 Å². The molecular formula is C17H25Cl2N5O2. The molecule has 1 saturated carbocycles. The van der Waals surface area contributed by atoms with Crippen molar-refractivity contribution in [2.45, 2.75) is 39.7 Å². The Morgan fingerprint density at radius 2 is 2.04 bits per heavy atom. The topological polar surface area (TPSA) is 91.3 Å². The fraction of sp³-hybridized carbons (Fsp3) is 0.588. The van der Waals surface area contributed by atoms with Crippen molar-refractivity contribution in [2.75, 3.05) is 13.1 Å². The molecule has 144 valence electrons. The zero-order chi connectivity index (χ0) is 16.9. The molecule has 7 nitrogen and oxygen atoms in total. The maximum atomic E-state index is 12.5. The highest BCUT2D eigenvalue weighted by atomic mass is 35.5. The number of aryl methyl sites for hydroxylation is 2. The number of H-pyrrole nitrogens is 1. The molecule has 1 unspecified atom stereocenters. The SMILES string of the molecule is Cc1nc2cc(=O)[nH]n2c(C)c1CNC(=O)C1CC12CCNCC2.Cl.Cl. The number of hydrogen-bond donors (Lipinski definition) is 3. The molecule has 3 heterocycles. The molecule has 9 heteroatoms. The summed E-state index contributed by atoms with van der Waals surface area (Å²) in [5.41, 5.74) is 3.40. The Hall–Kier alpha value is -1.57. The van der Waals surface area contributed by atoms with E-state index in [1.807, 2.05) is 13.8 Å². The van der Waals surface area contributed by atoms with E-state index in [-0.39, 0.29) is 47.6 Å². The molecule has 4 rings (SSSR count). The molecule has 1 aliphatic carbocycles. The van der Waals surface area contributed by atoms with Gasteiger partial charge in [0, 0.05) is 35.5 Å². The van der Waals surface area contributed by atoms with Gasteiger partial charge in [0.15, 0.2) is 5.65 Å². The summed E-state index contributed by atoms with van der Waals surface area (Å²) in [6, 6.07) is 1.48. The average molecular weight is 402 g/mol. The van der Waals surface area contributed by atoms with Gasteiger partial charge in [-0.05, 0) is 51.6 Å². The number of nitrogens with one attached hydrogen (secondary N) is 3. The van der Waals surface area contributed by atoms with Crippen LogP contribution in [-0.2, 0) is 11.3 Å². The van der Waals surface area contributed by atoms with Crippen LogP contribution in [0.5, 0.6) is 0 Å². The van der Waals surface area contributed by atoms with Crippen LogP contribution in [0, 0.1) is 25.2 Å². The van der Waals surface area contributed by atoms with Crippen molar-refractivity contribution in [3.8, 4) is 0 Å². The fourth-order valence-corrected chi connectivity index (χ4v) is 4.11. The molecule has 1 saturated heterocycles. The number of nitrogens with zero attached hydrogens (tertiary/aromatic N) is 2. The van der Waals surface area contributed by atoms with Gasteiger partial charge in [0.1, 0.15) is 0 Å². The number of amides is 1. The van der Waals surface area contributed by atoms with E-state index < -0.39 is 0 Å². The third kappa shape index (κ3) is 3.48. The third-order valence-electron chi connectivity index (χ3n) is 5.75. The molecule has 0 radical (unpaired) electrons. The second kappa shape index (κ2) is 7.58. The Morgan fingerprint density at radius 3 is 2.73 bits per heavy atom. The van der Waals surface area contributed by atoms with E-state index in [2.05, 4.69) is 20.7 Å². The Morgan fingerprint density at radius 1 is 1.35 bits per heavy atom. The highest BCUT2D eigenvalue weighted by molar-refractivity contribution is 5.85. The van der Waals surface area contributed by atoms with Crippen molar-refractivity contribution in [1.82, 2.24) is 25.2 Å².